The maximum atomic E-state index is 4.27. The molecule has 0 atom stereocenters. The van der Waals surface area contributed by atoms with E-state index in [4.69, 9.17) is 0 Å². The molecule has 20 heavy (non-hydrogen) atoms. The Bertz CT molecular complexity index is 584. The Balaban J connectivity index is 2.30. The topological polar surface area (TPSA) is 49.8 Å². The smallest absolute Gasteiger partial charge is 0.150 e. The normalized spacial score (nSPS) is 10.4. The van der Waals surface area contributed by atoms with Crippen LogP contribution in [0.1, 0.15) is 13.3 Å². The molecular weight excluding hydrogens is 452 g/mol. The molecule has 1 aromatic heterocycles. The summed E-state index contributed by atoms with van der Waals surface area (Å²) in [6.45, 7) is 2.98. The average molecular weight is 465 g/mol. The fourth-order valence-electron chi connectivity index (χ4n) is 1.56. The molecule has 2 aromatic rings. The predicted octanol–water partition coefficient (Wildman–Crippen LogP) is 5.33. The summed E-state index contributed by atoms with van der Waals surface area (Å²) >= 11 is 10.6. The largest absolute Gasteiger partial charge is 0.369 e. The number of para-hydroxylation sites is 1. The molecular formula is C13H13Br3N4. The Morgan fingerprint density at radius 3 is 2.35 bits per heavy atom. The van der Waals surface area contributed by atoms with E-state index in [1.807, 2.05) is 18.2 Å². The number of anilines is 3. The molecule has 106 valence electrons. The third-order valence-corrected chi connectivity index (χ3v) is 4.61. The molecule has 0 radical (unpaired) electrons. The second-order valence-electron chi connectivity index (χ2n) is 4.03. The quantitative estimate of drug-likeness (QED) is 0.628. The Morgan fingerprint density at radius 2 is 1.70 bits per heavy atom. The van der Waals surface area contributed by atoms with Crippen LogP contribution in [-0.4, -0.2) is 16.5 Å². The van der Waals surface area contributed by atoms with Gasteiger partial charge in [-0.3, -0.25) is 0 Å². The summed E-state index contributed by atoms with van der Waals surface area (Å²) in [5.74, 6) is 1.50. The molecule has 0 aliphatic carbocycles. The molecule has 4 nitrogen and oxygen atoms in total. The molecule has 0 saturated heterocycles. The van der Waals surface area contributed by atoms with E-state index in [1.165, 1.54) is 6.33 Å². The molecule has 0 bridgehead atoms. The van der Waals surface area contributed by atoms with Crippen molar-refractivity contribution >= 4 is 65.1 Å². The van der Waals surface area contributed by atoms with E-state index in [-0.39, 0.29) is 0 Å². The highest BCUT2D eigenvalue weighted by molar-refractivity contribution is 9.11. The summed E-state index contributed by atoms with van der Waals surface area (Å²) in [4.78, 5) is 8.50. The summed E-state index contributed by atoms with van der Waals surface area (Å²) in [6, 6.07) is 5.90. The number of rotatable bonds is 5. The molecule has 0 amide bonds. The van der Waals surface area contributed by atoms with Gasteiger partial charge in [-0.1, -0.05) is 13.0 Å². The zero-order valence-electron chi connectivity index (χ0n) is 10.8. The molecule has 2 N–H and O–H groups in total. The Morgan fingerprint density at radius 1 is 1.05 bits per heavy atom. The molecule has 0 spiro atoms. The highest BCUT2D eigenvalue weighted by Gasteiger charge is 2.11. The van der Waals surface area contributed by atoms with Gasteiger partial charge in [-0.15, -0.1) is 0 Å². The molecule has 2 rings (SSSR count). The summed E-state index contributed by atoms with van der Waals surface area (Å²) in [5, 5.41) is 6.55. The number of nitrogens with one attached hydrogen (secondary N) is 2. The number of hydrogen-bond acceptors (Lipinski definition) is 4. The maximum Gasteiger partial charge on any atom is 0.150 e. The van der Waals surface area contributed by atoms with Crippen molar-refractivity contribution in [2.24, 2.45) is 0 Å². The van der Waals surface area contributed by atoms with Crippen molar-refractivity contribution in [3.05, 3.63) is 37.9 Å². The second-order valence-corrected chi connectivity index (χ2v) is 6.53. The molecule has 0 aliphatic heterocycles. The molecule has 1 aromatic carbocycles. The van der Waals surface area contributed by atoms with Crippen LogP contribution < -0.4 is 10.6 Å². The van der Waals surface area contributed by atoms with Crippen molar-refractivity contribution in [2.45, 2.75) is 13.3 Å². The molecule has 0 saturated carbocycles. The lowest BCUT2D eigenvalue weighted by Gasteiger charge is -2.13. The number of halogens is 3. The van der Waals surface area contributed by atoms with Crippen molar-refractivity contribution in [1.82, 2.24) is 9.97 Å². The van der Waals surface area contributed by atoms with Crippen LogP contribution >= 0.6 is 47.8 Å². The van der Waals surface area contributed by atoms with Gasteiger partial charge in [0.15, 0.2) is 0 Å². The SMILES string of the molecule is CCCNc1ncnc(Nc2c(Br)cccc2Br)c1Br. The summed E-state index contributed by atoms with van der Waals surface area (Å²) in [6.07, 6.45) is 2.57. The Hall–Kier alpha value is -0.660. The van der Waals surface area contributed by atoms with E-state index in [2.05, 4.69) is 75.3 Å². The van der Waals surface area contributed by atoms with Gasteiger partial charge in [0.2, 0.25) is 0 Å². The first kappa shape index (κ1) is 15.7. The Kier molecular flexibility index (Phi) is 5.80. The van der Waals surface area contributed by atoms with Gasteiger partial charge < -0.3 is 10.6 Å². The van der Waals surface area contributed by atoms with Crippen molar-refractivity contribution < 1.29 is 0 Å². The zero-order chi connectivity index (χ0) is 14.5. The fourth-order valence-corrected chi connectivity index (χ4v) is 3.20. The van der Waals surface area contributed by atoms with E-state index >= 15 is 0 Å². The van der Waals surface area contributed by atoms with Crippen LogP contribution in [0.3, 0.4) is 0 Å². The van der Waals surface area contributed by atoms with Crippen molar-refractivity contribution in [2.75, 3.05) is 17.2 Å². The van der Waals surface area contributed by atoms with E-state index in [0.29, 0.717) is 5.82 Å². The van der Waals surface area contributed by atoms with Gasteiger partial charge in [0, 0.05) is 15.5 Å². The predicted molar refractivity (Wildman–Crippen MR) is 93.6 cm³/mol. The van der Waals surface area contributed by atoms with Crippen LogP contribution in [0.4, 0.5) is 17.3 Å². The van der Waals surface area contributed by atoms with Crippen LogP contribution in [0.5, 0.6) is 0 Å². The lowest BCUT2D eigenvalue weighted by molar-refractivity contribution is 0.962. The van der Waals surface area contributed by atoms with E-state index in [1.54, 1.807) is 0 Å². The third kappa shape index (κ3) is 3.71. The van der Waals surface area contributed by atoms with Crippen LogP contribution in [-0.2, 0) is 0 Å². The first-order valence-corrected chi connectivity index (χ1v) is 8.46. The highest BCUT2D eigenvalue weighted by atomic mass is 79.9. The minimum atomic E-state index is 0.714. The Labute approximate surface area is 143 Å². The zero-order valence-corrected chi connectivity index (χ0v) is 15.5. The van der Waals surface area contributed by atoms with Gasteiger partial charge in [-0.2, -0.15) is 0 Å². The number of nitrogens with zero attached hydrogens (tertiary/aromatic N) is 2. The lowest BCUT2D eigenvalue weighted by Crippen LogP contribution is -2.05. The number of benzene rings is 1. The van der Waals surface area contributed by atoms with E-state index < -0.39 is 0 Å². The minimum absolute atomic E-state index is 0.714. The number of aromatic nitrogens is 2. The third-order valence-electron chi connectivity index (χ3n) is 2.54. The van der Waals surface area contributed by atoms with Gasteiger partial charge in [0.1, 0.15) is 22.4 Å². The molecule has 0 aliphatic rings. The average Bonchev–Trinajstić information content (AvgIpc) is 2.43. The van der Waals surface area contributed by atoms with E-state index in [9.17, 15) is 0 Å². The van der Waals surface area contributed by atoms with Crippen LogP contribution in [0.2, 0.25) is 0 Å². The minimum Gasteiger partial charge on any atom is -0.369 e. The standard InChI is InChI=1S/C13H13Br3N4/c1-2-6-17-12-10(16)13(19-7-18-12)20-11-8(14)4-3-5-9(11)15/h3-5,7H,2,6H2,1H3,(H2,17,18,19,20). The van der Waals surface area contributed by atoms with Gasteiger partial charge in [-0.25, -0.2) is 9.97 Å². The maximum absolute atomic E-state index is 4.27. The first-order chi connectivity index (χ1) is 9.63. The monoisotopic (exact) mass is 462 g/mol. The van der Waals surface area contributed by atoms with Gasteiger partial charge in [-0.05, 0) is 66.3 Å². The first-order valence-electron chi connectivity index (χ1n) is 6.09. The summed E-state index contributed by atoms with van der Waals surface area (Å²) < 4.78 is 2.73. The molecule has 7 heteroatoms. The van der Waals surface area contributed by atoms with Crippen LogP contribution in [0, 0.1) is 0 Å². The molecule has 0 unspecified atom stereocenters. The molecule has 0 fully saturated rings. The van der Waals surface area contributed by atoms with Crippen LogP contribution in [0.25, 0.3) is 0 Å². The molecule has 1 heterocycles. The number of hydrogen-bond donors (Lipinski definition) is 2. The van der Waals surface area contributed by atoms with Crippen LogP contribution in [0.15, 0.2) is 37.9 Å². The van der Waals surface area contributed by atoms with Gasteiger partial charge in [0.05, 0.1) is 5.69 Å². The van der Waals surface area contributed by atoms with Gasteiger partial charge >= 0.3 is 0 Å². The fraction of sp³-hybridized carbons (Fsp3) is 0.231. The lowest BCUT2D eigenvalue weighted by atomic mass is 10.3. The highest BCUT2D eigenvalue weighted by Crippen LogP contribution is 2.35. The second kappa shape index (κ2) is 7.38. The summed E-state index contributed by atoms with van der Waals surface area (Å²) in [7, 11) is 0. The van der Waals surface area contributed by atoms with E-state index in [0.717, 1.165) is 37.9 Å². The summed E-state index contributed by atoms with van der Waals surface area (Å²) in [5.41, 5.74) is 0.924. The van der Waals surface area contributed by atoms with Crippen molar-refractivity contribution in [3.8, 4) is 0 Å². The van der Waals surface area contributed by atoms with Crippen molar-refractivity contribution in [1.29, 1.82) is 0 Å². The van der Waals surface area contributed by atoms with Gasteiger partial charge in [0.25, 0.3) is 0 Å². The van der Waals surface area contributed by atoms with Crippen molar-refractivity contribution in [3.63, 3.8) is 0 Å².